The summed E-state index contributed by atoms with van der Waals surface area (Å²) >= 11 is 0. The maximum atomic E-state index is 4.94. The van der Waals surface area contributed by atoms with Gasteiger partial charge in [0.05, 0.1) is 5.69 Å². The van der Waals surface area contributed by atoms with E-state index in [0.29, 0.717) is 0 Å². The Hall–Kier alpha value is -3.07. The standard InChI is InChI=1S/C24H25N3/c1-17-9-7-10-18(2)23(17)26-24-21(16-15-20-12-5-4-6-13-20)25-22-14-8-11-19(3)27(22)24/h4-14,26H,15-16H2,1-3H3. The number of anilines is 2. The van der Waals surface area contributed by atoms with Crippen LogP contribution in [0, 0.1) is 20.8 Å². The van der Waals surface area contributed by atoms with E-state index in [0.717, 1.165) is 30.0 Å². The number of hydrogen-bond donors (Lipinski definition) is 1. The second-order valence-corrected chi connectivity index (χ2v) is 7.15. The van der Waals surface area contributed by atoms with Gasteiger partial charge in [0.1, 0.15) is 11.5 Å². The molecule has 0 saturated heterocycles. The first kappa shape index (κ1) is 17.3. The summed E-state index contributed by atoms with van der Waals surface area (Å²) in [6.07, 6.45) is 1.88. The first-order valence-electron chi connectivity index (χ1n) is 9.47. The smallest absolute Gasteiger partial charge is 0.138 e. The molecular formula is C24H25N3. The van der Waals surface area contributed by atoms with E-state index in [1.165, 1.54) is 28.1 Å². The Morgan fingerprint density at radius 1 is 0.778 bits per heavy atom. The summed E-state index contributed by atoms with van der Waals surface area (Å²) in [5.74, 6) is 1.08. The minimum atomic E-state index is 0.901. The van der Waals surface area contributed by atoms with Crippen molar-refractivity contribution in [3.05, 3.63) is 94.8 Å². The zero-order valence-electron chi connectivity index (χ0n) is 16.2. The molecule has 0 unspecified atom stereocenters. The fraction of sp³-hybridized carbons (Fsp3) is 0.208. The Bertz CT molecular complexity index is 1060. The van der Waals surface area contributed by atoms with Crippen molar-refractivity contribution in [2.45, 2.75) is 33.6 Å². The van der Waals surface area contributed by atoms with Gasteiger partial charge in [-0.1, -0.05) is 54.6 Å². The van der Waals surface area contributed by atoms with Gasteiger partial charge < -0.3 is 5.32 Å². The minimum absolute atomic E-state index is 0.901. The summed E-state index contributed by atoms with van der Waals surface area (Å²) in [5.41, 5.74) is 8.27. The lowest BCUT2D eigenvalue weighted by atomic mass is 10.1. The number of nitrogens with zero attached hydrogens (tertiary/aromatic N) is 2. The van der Waals surface area contributed by atoms with E-state index in [9.17, 15) is 0 Å². The molecule has 0 amide bonds. The summed E-state index contributed by atoms with van der Waals surface area (Å²) < 4.78 is 2.23. The van der Waals surface area contributed by atoms with Crippen LogP contribution in [-0.4, -0.2) is 9.38 Å². The third-order valence-corrected chi connectivity index (χ3v) is 5.13. The van der Waals surface area contributed by atoms with Crippen LogP contribution in [0.1, 0.15) is 28.1 Å². The van der Waals surface area contributed by atoms with Crippen LogP contribution < -0.4 is 5.32 Å². The van der Waals surface area contributed by atoms with Gasteiger partial charge in [-0.3, -0.25) is 4.40 Å². The Balaban J connectivity index is 1.77. The molecule has 0 spiro atoms. The fourth-order valence-electron chi connectivity index (χ4n) is 3.64. The van der Waals surface area contributed by atoms with Gasteiger partial charge in [-0.05, 0) is 62.4 Å². The molecule has 2 aromatic carbocycles. The number of aryl methyl sites for hydroxylation is 5. The SMILES string of the molecule is Cc1cccc(C)c1Nc1c(CCc2ccccc2)nc2cccc(C)n12. The van der Waals surface area contributed by atoms with Crippen molar-refractivity contribution in [3.8, 4) is 0 Å². The van der Waals surface area contributed by atoms with Crippen molar-refractivity contribution in [1.82, 2.24) is 9.38 Å². The van der Waals surface area contributed by atoms with E-state index in [1.54, 1.807) is 0 Å². The molecule has 0 aliphatic heterocycles. The molecule has 0 radical (unpaired) electrons. The lowest BCUT2D eigenvalue weighted by Crippen LogP contribution is -2.04. The summed E-state index contributed by atoms with van der Waals surface area (Å²) in [6, 6.07) is 23.3. The van der Waals surface area contributed by atoms with Gasteiger partial charge in [-0.15, -0.1) is 0 Å². The van der Waals surface area contributed by atoms with Crippen LogP contribution in [0.5, 0.6) is 0 Å². The zero-order valence-corrected chi connectivity index (χ0v) is 16.2. The maximum absolute atomic E-state index is 4.94. The molecule has 0 saturated carbocycles. The summed E-state index contributed by atoms with van der Waals surface area (Å²) in [4.78, 5) is 4.94. The molecule has 0 aliphatic rings. The molecule has 0 bridgehead atoms. The average molecular weight is 355 g/mol. The Labute approximate surface area is 160 Å². The monoisotopic (exact) mass is 355 g/mol. The number of para-hydroxylation sites is 1. The highest BCUT2D eigenvalue weighted by molar-refractivity contribution is 5.69. The van der Waals surface area contributed by atoms with Gasteiger partial charge >= 0.3 is 0 Å². The third-order valence-electron chi connectivity index (χ3n) is 5.13. The number of pyridine rings is 1. The maximum Gasteiger partial charge on any atom is 0.138 e. The molecule has 2 heterocycles. The van der Waals surface area contributed by atoms with Crippen LogP contribution in [-0.2, 0) is 12.8 Å². The van der Waals surface area contributed by atoms with E-state index in [2.05, 4.69) is 97.2 Å². The number of rotatable bonds is 5. The van der Waals surface area contributed by atoms with E-state index < -0.39 is 0 Å². The van der Waals surface area contributed by atoms with Crippen molar-refractivity contribution in [3.63, 3.8) is 0 Å². The Kier molecular flexibility index (Phi) is 4.68. The topological polar surface area (TPSA) is 29.3 Å². The Morgan fingerprint density at radius 3 is 2.22 bits per heavy atom. The first-order valence-corrected chi connectivity index (χ1v) is 9.47. The van der Waals surface area contributed by atoms with Crippen molar-refractivity contribution in [1.29, 1.82) is 0 Å². The fourth-order valence-corrected chi connectivity index (χ4v) is 3.64. The number of aromatic nitrogens is 2. The van der Waals surface area contributed by atoms with Gasteiger partial charge in [0.2, 0.25) is 0 Å². The number of hydrogen-bond acceptors (Lipinski definition) is 2. The van der Waals surface area contributed by atoms with Crippen LogP contribution in [0.3, 0.4) is 0 Å². The second-order valence-electron chi connectivity index (χ2n) is 7.15. The van der Waals surface area contributed by atoms with Gasteiger partial charge in [0, 0.05) is 11.4 Å². The highest BCUT2D eigenvalue weighted by atomic mass is 15.1. The molecule has 0 fully saturated rings. The van der Waals surface area contributed by atoms with Gasteiger partial charge in [-0.25, -0.2) is 4.98 Å². The molecular weight excluding hydrogens is 330 g/mol. The number of imidazole rings is 1. The molecule has 27 heavy (non-hydrogen) atoms. The lowest BCUT2D eigenvalue weighted by Gasteiger charge is -2.15. The highest BCUT2D eigenvalue weighted by Crippen LogP contribution is 2.29. The quantitative estimate of drug-likeness (QED) is 0.491. The van der Waals surface area contributed by atoms with Crippen molar-refractivity contribution in [2.75, 3.05) is 5.32 Å². The molecule has 1 N–H and O–H groups in total. The van der Waals surface area contributed by atoms with E-state index in [-0.39, 0.29) is 0 Å². The van der Waals surface area contributed by atoms with Gasteiger partial charge in [0.15, 0.2) is 0 Å². The normalized spacial score (nSPS) is 11.1. The number of benzene rings is 2. The first-order chi connectivity index (χ1) is 13.1. The Morgan fingerprint density at radius 2 is 1.48 bits per heavy atom. The molecule has 136 valence electrons. The predicted octanol–water partition coefficient (Wildman–Crippen LogP) is 5.79. The van der Waals surface area contributed by atoms with Crippen LogP contribution in [0.15, 0.2) is 66.7 Å². The lowest BCUT2D eigenvalue weighted by molar-refractivity contribution is 0.929. The predicted molar refractivity (Wildman–Crippen MR) is 113 cm³/mol. The molecule has 2 aromatic heterocycles. The molecule has 4 aromatic rings. The van der Waals surface area contributed by atoms with Crippen LogP contribution in [0.2, 0.25) is 0 Å². The van der Waals surface area contributed by atoms with Crippen molar-refractivity contribution in [2.24, 2.45) is 0 Å². The van der Waals surface area contributed by atoms with Gasteiger partial charge in [0.25, 0.3) is 0 Å². The number of fused-ring (bicyclic) bond motifs is 1. The second kappa shape index (κ2) is 7.28. The van der Waals surface area contributed by atoms with Gasteiger partial charge in [-0.2, -0.15) is 0 Å². The summed E-state index contributed by atoms with van der Waals surface area (Å²) in [7, 11) is 0. The number of nitrogens with one attached hydrogen (secondary N) is 1. The summed E-state index contributed by atoms with van der Waals surface area (Å²) in [5, 5.41) is 3.71. The summed E-state index contributed by atoms with van der Waals surface area (Å²) in [6.45, 7) is 6.43. The third kappa shape index (κ3) is 3.45. The van der Waals surface area contributed by atoms with Crippen LogP contribution in [0.25, 0.3) is 5.65 Å². The molecule has 0 atom stereocenters. The zero-order chi connectivity index (χ0) is 18.8. The molecule has 3 nitrogen and oxygen atoms in total. The highest BCUT2D eigenvalue weighted by Gasteiger charge is 2.15. The van der Waals surface area contributed by atoms with Crippen molar-refractivity contribution >= 4 is 17.2 Å². The minimum Gasteiger partial charge on any atom is -0.339 e. The molecule has 0 aliphatic carbocycles. The van der Waals surface area contributed by atoms with E-state index in [4.69, 9.17) is 4.98 Å². The van der Waals surface area contributed by atoms with E-state index >= 15 is 0 Å². The van der Waals surface area contributed by atoms with E-state index in [1.807, 2.05) is 0 Å². The average Bonchev–Trinajstić information content (AvgIpc) is 3.03. The van der Waals surface area contributed by atoms with Crippen LogP contribution in [0.4, 0.5) is 11.5 Å². The van der Waals surface area contributed by atoms with Crippen LogP contribution >= 0.6 is 0 Å². The molecule has 4 rings (SSSR count). The molecule has 3 heteroatoms. The van der Waals surface area contributed by atoms with Crippen molar-refractivity contribution < 1.29 is 0 Å². The largest absolute Gasteiger partial charge is 0.339 e.